The predicted octanol–water partition coefficient (Wildman–Crippen LogP) is 3.24. The summed E-state index contributed by atoms with van der Waals surface area (Å²) >= 11 is 0. The van der Waals surface area contributed by atoms with Crippen LogP contribution in [0.4, 0.5) is 5.69 Å². The standard InChI is InChI=1S/C16H18N2O3/c1-17(12-14-5-9-16(21-2)10-6-14)11-13-3-7-15(8-4-13)18(19)20/h3-10H,11-12H2,1-2H3. The molecule has 21 heavy (non-hydrogen) atoms. The molecule has 0 N–H and O–H groups in total. The quantitative estimate of drug-likeness (QED) is 0.604. The lowest BCUT2D eigenvalue weighted by atomic mass is 10.1. The van der Waals surface area contributed by atoms with E-state index in [1.165, 1.54) is 17.7 Å². The van der Waals surface area contributed by atoms with Crippen LogP contribution in [0.2, 0.25) is 0 Å². The molecule has 0 spiro atoms. The van der Waals surface area contributed by atoms with Crippen molar-refractivity contribution in [3.8, 4) is 5.75 Å². The van der Waals surface area contributed by atoms with Crippen molar-refractivity contribution in [3.63, 3.8) is 0 Å². The van der Waals surface area contributed by atoms with Crippen molar-refractivity contribution < 1.29 is 9.66 Å². The van der Waals surface area contributed by atoms with Gasteiger partial charge in [-0.2, -0.15) is 0 Å². The zero-order chi connectivity index (χ0) is 15.2. The lowest BCUT2D eigenvalue weighted by molar-refractivity contribution is -0.384. The van der Waals surface area contributed by atoms with Crippen LogP contribution in [0.5, 0.6) is 5.75 Å². The summed E-state index contributed by atoms with van der Waals surface area (Å²) in [4.78, 5) is 12.4. The minimum Gasteiger partial charge on any atom is -0.497 e. The van der Waals surface area contributed by atoms with E-state index < -0.39 is 0 Å². The number of hydrogen-bond donors (Lipinski definition) is 0. The highest BCUT2D eigenvalue weighted by atomic mass is 16.6. The van der Waals surface area contributed by atoms with E-state index in [2.05, 4.69) is 4.90 Å². The first-order valence-electron chi connectivity index (χ1n) is 6.63. The van der Waals surface area contributed by atoms with Gasteiger partial charge in [-0.1, -0.05) is 24.3 Å². The molecule has 110 valence electrons. The van der Waals surface area contributed by atoms with Crippen LogP contribution >= 0.6 is 0 Å². The van der Waals surface area contributed by atoms with Crippen LogP contribution in [0, 0.1) is 10.1 Å². The molecule has 0 saturated carbocycles. The van der Waals surface area contributed by atoms with E-state index in [0.29, 0.717) is 0 Å². The van der Waals surface area contributed by atoms with E-state index in [4.69, 9.17) is 4.74 Å². The predicted molar refractivity (Wildman–Crippen MR) is 81.3 cm³/mol. The maximum absolute atomic E-state index is 10.6. The summed E-state index contributed by atoms with van der Waals surface area (Å²) in [5.41, 5.74) is 2.37. The average molecular weight is 286 g/mol. The van der Waals surface area contributed by atoms with Crippen LogP contribution < -0.4 is 4.74 Å². The minimum absolute atomic E-state index is 0.122. The number of nitro benzene ring substituents is 1. The van der Waals surface area contributed by atoms with Gasteiger partial charge in [0.05, 0.1) is 12.0 Å². The minimum atomic E-state index is -0.384. The SMILES string of the molecule is COc1ccc(CN(C)Cc2ccc([N+](=O)[O-])cc2)cc1. The molecule has 0 aliphatic heterocycles. The summed E-state index contributed by atoms with van der Waals surface area (Å²) in [6, 6.07) is 14.6. The summed E-state index contributed by atoms with van der Waals surface area (Å²) in [7, 11) is 3.67. The molecule has 5 heteroatoms. The highest BCUT2D eigenvalue weighted by Gasteiger charge is 2.06. The molecule has 0 aliphatic rings. The molecule has 0 radical (unpaired) electrons. The first kappa shape index (κ1) is 15.0. The van der Waals surface area contributed by atoms with Gasteiger partial charge in [0, 0.05) is 25.2 Å². The molecule has 0 aliphatic carbocycles. The van der Waals surface area contributed by atoms with Gasteiger partial charge >= 0.3 is 0 Å². The molecule has 2 aromatic carbocycles. The van der Waals surface area contributed by atoms with Gasteiger partial charge < -0.3 is 4.74 Å². The maximum Gasteiger partial charge on any atom is 0.269 e. The highest BCUT2D eigenvalue weighted by molar-refractivity contribution is 5.33. The lowest BCUT2D eigenvalue weighted by Gasteiger charge is -2.17. The Labute approximate surface area is 123 Å². The zero-order valence-electron chi connectivity index (χ0n) is 12.2. The Bertz CT molecular complexity index is 594. The van der Waals surface area contributed by atoms with E-state index in [-0.39, 0.29) is 10.6 Å². The summed E-state index contributed by atoms with van der Waals surface area (Å²) in [5, 5.41) is 10.6. The van der Waals surface area contributed by atoms with Gasteiger partial charge in [-0.25, -0.2) is 0 Å². The van der Waals surface area contributed by atoms with Crippen LogP contribution in [-0.2, 0) is 13.1 Å². The smallest absolute Gasteiger partial charge is 0.269 e. The third kappa shape index (κ3) is 4.29. The van der Waals surface area contributed by atoms with Crippen LogP contribution in [0.1, 0.15) is 11.1 Å². The number of nitro groups is 1. The Morgan fingerprint density at radius 1 is 1.00 bits per heavy atom. The Morgan fingerprint density at radius 3 is 1.90 bits per heavy atom. The number of benzene rings is 2. The second kappa shape index (κ2) is 6.85. The third-order valence-corrected chi connectivity index (χ3v) is 3.21. The highest BCUT2D eigenvalue weighted by Crippen LogP contribution is 2.15. The van der Waals surface area contributed by atoms with Gasteiger partial charge in [0.1, 0.15) is 5.75 Å². The summed E-state index contributed by atoms with van der Waals surface area (Å²) in [5.74, 6) is 0.844. The molecule has 0 bridgehead atoms. The Kier molecular flexibility index (Phi) is 4.90. The molecular weight excluding hydrogens is 268 g/mol. The second-order valence-corrected chi connectivity index (χ2v) is 4.94. The number of hydrogen-bond acceptors (Lipinski definition) is 4. The number of non-ortho nitro benzene ring substituents is 1. The molecular formula is C16H18N2O3. The molecule has 0 fully saturated rings. The molecule has 2 aromatic rings. The van der Waals surface area contributed by atoms with Crippen molar-refractivity contribution >= 4 is 5.69 Å². The largest absolute Gasteiger partial charge is 0.497 e. The molecule has 2 rings (SSSR count). The van der Waals surface area contributed by atoms with Crippen molar-refractivity contribution in [2.24, 2.45) is 0 Å². The van der Waals surface area contributed by atoms with E-state index in [9.17, 15) is 10.1 Å². The van der Waals surface area contributed by atoms with Gasteiger partial charge in [-0.15, -0.1) is 0 Å². The van der Waals surface area contributed by atoms with Gasteiger partial charge in [0.2, 0.25) is 0 Å². The third-order valence-electron chi connectivity index (χ3n) is 3.21. The second-order valence-electron chi connectivity index (χ2n) is 4.94. The maximum atomic E-state index is 10.6. The monoisotopic (exact) mass is 286 g/mol. The first-order valence-corrected chi connectivity index (χ1v) is 6.63. The topological polar surface area (TPSA) is 55.6 Å². The van der Waals surface area contributed by atoms with Crippen molar-refractivity contribution in [2.75, 3.05) is 14.2 Å². The number of rotatable bonds is 6. The van der Waals surface area contributed by atoms with E-state index in [1.54, 1.807) is 19.2 Å². The van der Waals surface area contributed by atoms with Crippen molar-refractivity contribution in [2.45, 2.75) is 13.1 Å². The normalized spacial score (nSPS) is 10.6. The molecule has 0 atom stereocenters. The summed E-state index contributed by atoms with van der Waals surface area (Å²) in [6.07, 6.45) is 0. The fourth-order valence-electron chi connectivity index (χ4n) is 2.13. The molecule has 5 nitrogen and oxygen atoms in total. The Hall–Kier alpha value is -2.40. The number of methoxy groups -OCH3 is 1. The fourth-order valence-corrected chi connectivity index (χ4v) is 2.13. The average Bonchev–Trinajstić information content (AvgIpc) is 2.48. The first-order chi connectivity index (χ1) is 10.1. The summed E-state index contributed by atoms with van der Waals surface area (Å²) < 4.78 is 5.13. The Balaban J connectivity index is 1.94. The van der Waals surface area contributed by atoms with Gasteiger partial charge in [0.15, 0.2) is 0 Å². The number of nitrogens with zero attached hydrogens (tertiary/aromatic N) is 2. The van der Waals surface area contributed by atoms with Gasteiger partial charge in [0.25, 0.3) is 5.69 Å². The van der Waals surface area contributed by atoms with Crippen LogP contribution in [0.15, 0.2) is 48.5 Å². The van der Waals surface area contributed by atoms with Crippen LogP contribution in [-0.4, -0.2) is 24.0 Å². The number of ether oxygens (including phenoxy) is 1. The zero-order valence-corrected chi connectivity index (χ0v) is 12.2. The van der Waals surface area contributed by atoms with E-state index >= 15 is 0 Å². The molecule has 0 unspecified atom stereocenters. The van der Waals surface area contributed by atoms with Crippen molar-refractivity contribution in [1.29, 1.82) is 0 Å². The van der Waals surface area contributed by atoms with Crippen molar-refractivity contribution in [3.05, 3.63) is 69.8 Å². The van der Waals surface area contributed by atoms with Crippen LogP contribution in [0.25, 0.3) is 0 Å². The van der Waals surface area contributed by atoms with E-state index in [1.807, 2.05) is 31.3 Å². The molecule has 0 amide bonds. The Morgan fingerprint density at radius 2 is 1.48 bits per heavy atom. The fraction of sp³-hybridized carbons (Fsp3) is 0.250. The summed E-state index contributed by atoms with van der Waals surface area (Å²) in [6.45, 7) is 1.55. The van der Waals surface area contributed by atoms with Crippen LogP contribution in [0.3, 0.4) is 0 Å². The molecule has 0 heterocycles. The van der Waals surface area contributed by atoms with E-state index in [0.717, 1.165) is 24.4 Å². The lowest BCUT2D eigenvalue weighted by Crippen LogP contribution is -2.17. The molecule has 0 saturated heterocycles. The molecule has 0 aromatic heterocycles. The van der Waals surface area contributed by atoms with Gasteiger partial charge in [-0.05, 0) is 30.3 Å². The van der Waals surface area contributed by atoms with Gasteiger partial charge in [-0.3, -0.25) is 15.0 Å². The van der Waals surface area contributed by atoms with Crippen molar-refractivity contribution in [1.82, 2.24) is 4.90 Å².